The Morgan fingerprint density at radius 1 is 1.36 bits per heavy atom. The van der Waals surface area contributed by atoms with Crippen molar-refractivity contribution in [1.82, 2.24) is 0 Å². The molecule has 0 aliphatic carbocycles. The molecule has 0 heterocycles. The highest BCUT2D eigenvalue weighted by molar-refractivity contribution is 9.10. The molecule has 1 aromatic rings. The van der Waals surface area contributed by atoms with Crippen LogP contribution in [-0.2, 0) is 0 Å². The van der Waals surface area contributed by atoms with Crippen LogP contribution in [0.15, 0.2) is 16.6 Å². The van der Waals surface area contributed by atoms with Gasteiger partial charge in [0.25, 0.3) is 0 Å². The van der Waals surface area contributed by atoms with Crippen LogP contribution in [0.4, 0.5) is 0 Å². The molecule has 1 aromatic carbocycles. The van der Waals surface area contributed by atoms with Gasteiger partial charge >= 0.3 is 0 Å². The van der Waals surface area contributed by atoms with Crippen molar-refractivity contribution in [2.75, 3.05) is 6.54 Å². The van der Waals surface area contributed by atoms with E-state index in [4.69, 9.17) is 10.5 Å². The van der Waals surface area contributed by atoms with Crippen LogP contribution < -0.4 is 10.5 Å². The third kappa shape index (κ3) is 2.72. The Bertz CT molecular complexity index is 302. The molecule has 0 bridgehead atoms. The van der Waals surface area contributed by atoms with Gasteiger partial charge < -0.3 is 10.5 Å². The molecule has 3 heteroatoms. The Kier molecular flexibility index (Phi) is 3.96. The Morgan fingerprint density at radius 2 is 1.86 bits per heavy atom. The van der Waals surface area contributed by atoms with Crippen molar-refractivity contribution >= 4 is 15.9 Å². The van der Waals surface area contributed by atoms with Gasteiger partial charge in [-0.3, -0.25) is 0 Å². The van der Waals surface area contributed by atoms with Gasteiger partial charge in [0.05, 0.1) is 0 Å². The number of hydrogen-bond acceptors (Lipinski definition) is 2. The summed E-state index contributed by atoms with van der Waals surface area (Å²) in [4.78, 5) is 0. The number of aryl methyl sites for hydroxylation is 2. The van der Waals surface area contributed by atoms with E-state index in [1.807, 2.05) is 32.9 Å². The average molecular weight is 258 g/mol. The first kappa shape index (κ1) is 11.5. The molecule has 0 fully saturated rings. The third-order valence-corrected chi connectivity index (χ3v) is 2.53. The molecule has 0 spiro atoms. The van der Waals surface area contributed by atoms with Crippen LogP contribution in [0.2, 0.25) is 0 Å². The lowest BCUT2D eigenvalue weighted by Gasteiger charge is -2.17. The maximum absolute atomic E-state index is 5.73. The minimum Gasteiger partial charge on any atom is -0.489 e. The predicted molar refractivity (Wildman–Crippen MR) is 62.8 cm³/mol. The van der Waals surface area contributed by atoms with E-state index in [0.29, 0.717) is 6.54 Å². The standard InChI is InChI=1S/C11H16BrNO/c1-7-4-10(12)5-8(2)11(7)14-9(3)6-13/h4-5,9H,6,13H2,1-3H3. The molecule has 0 amide bonds. The monoisotopic (exact) mass is 257 g/mol. The number of rotatable bonds is 3. The van der Waals surface area contributed by atoms with Gasteiger partial charge in [0.15, 0.2) is 0 Å². The second-order valence-electron chi connectivity index (χ2n) is 3.53. The molecule has 0 radical (unpaired) electrons. The van der Waals surface area contributed by atoms with Crippen LogP contribution in [0.1, 0.15) is 18.1 Å². The maximum Gasteiger partial charge on any atom is 0.125 e. The second kappa shape index (κ2) is 4.80. The molecule has 2 nitrogen and oxygen atoms in total. The van der Waals surface area contributed by atoms with Crippen molar-refractivity contribution in [3.63, 3.8) is 0 Å². The van der Waals surface area contributed by atoms with Crippen LogP contribution in [0.3, 0.4) is 0 Å². The van der Waals surface area contributed by atoms with Crippen molar-refractivity contribution in [3.8, 4) is 5.75 Å². The first-order valence-electron chi connectivity index (χ1n) is 4.68. The van der Waals surface area contributed by atoms with Gasteiger partial charge in [-0.1, -0.05) is 15.9 Å². The second-order valence-corrected chi connectivity index (χ2v) is 4.45. The van der Waals surface area contributed by atoms with E-state index in [1.54, 1.807) is 0 Å². The van der Waals surface area contributed by atoms with Gasteiger partial charge in [-0.2, -0.15) is 0 Å². The quantitative estimate of drug-likeness (QED) is 0.904. The third-order valence-electron chi connectivity index (χ3n) is 2.08. The predicted octanol–water partition coefficient (Wildman–Crippen LogP) is 2.79. The van der Waals surface area contributed by atoms with Gasteiger partial charge in [-0.05, 0) is 44.0 Å². The molecule has 0 saturated carbocycles. The number of halogens is 1. The first-order chi connectivity index (χ1) is 6.54. The Labute approximate surface area is 93.6 Å². The molecule has 1 unspecified atom stereocenters. The summed E-state index contributed by atoms with van der Waals surface area (Å²) < 4.78 is 6.82. The maximum atomic E-state index is 5.73. The van der Waals surface area contributed by atoms with Gasteiger partial charge in [0, 0.05) is 11.0 Å². The molecule has 0 aliphatic heterocycles. The summed E-state index contributed by atoms with van der Waals surface area (Å²) in [6.07, 6.45) is 0.0635. The van der Waals surface area contributed by atoms with E-state index in [1.165, 1.54) is 0 Å². The summed E-state index contributed by atoms with van der Waals surface area (Å²) in [7, 11) is 0. The minimum atomic E-state index is 0.0635. The van der Waals surface area contributed by atoms with Crippen molar-refractivity contribution in [3.05, 3.63) is 27.7 Å². The van der Waals surface area contributed by atoms with Crippen LogP contribution >= 0.6 is 15.9 Å². The van der Waals surface area contributed by atoms with Crippen molar-refractivity contribution in [1.29, 1.82) is 0 Å². The number of benzene rings is 1. The molecular weight excluding hydrogens is 242 g/mol. The number of hydrogen-bond donors (Lipinski definition) is 1. The van der Waals surface area contributed by atoms with Crippen LogP contribution in [0, 0.1) is 13.8 Å². The highest BCUT2D eigenvalue weighted by Crippen LogP contribution is 2.27. The van der Waals surface area contributed by atoms with E-state index in [2.05, 4.69) is 15.9 Å². The zero-order valence-electron chi connectivity index (χ0n) is 8.80. The minimum absolute atomic E-state index is 0.0635. The highest BCUT2D eigenvalue weighted by atomic mass is 79.9. The SMILES string of the molecule is Cc1cc(Br)cc(C)c1OC(C)CN. The summed E-state index contributed by atoms with van der Waals surface area (Å²) in [5, 5.41) is 0. The Balaban J connectivity index is 2.96. The zero-order chi connectivity index (χ0) is 10.7. The molecule has 1 rings (SSSR count). The smallest absolute Gasteiger partial charge is 0.125 e. The number of ether oxygens (including phenoxy) is 1. The van der Waals surface area contributed by atoms with E-state index in [0.717, 1.165) is 21.3 Å². The van der Waals surface area contributed by atoms with E-state index >= 15 is 0 Å². The van der Waals surface area contributed by atoms with Crippen molar-refractivity contribution in [2.45, 2.75) is 26.9 Å². The fraction of sp³-hybridized carbons (Fsp3) is 0.455. The fourth-order valence-corrected chi connectivity index (χ4v) is 2.02. The molecular formula is C11H16BrNO. The molecule has 0 aromatic heterocycles. The average Bonchev–Trinajstić information content (AvgIpc) is 2.10. The molecule has 1 atom stereocenters. The van der Waals surface area contributed by atoms with E-state index in [-0.39, 0.29) is 6.10 Å². The van der Waals surface area contributed by atoms with E-state index in [9.17, 15) is 0 Å². The molecule has 14 heavy (non-hydrogen) atoms. The summed E-state index contributed by atoms with van der Waals surface area (Å²) in [6.45, 7) is 6.59. The van der Waals surface area contributed by atoms with Gasteiger partial charge in [-0.25, -0.2) is 0 Å². The molecule has 0 saturated heterocycles. The van der Waals surface area contributed by atoms with Crippen LogP contribution in [-0.4, -0.2) is 12.6 Å². The Hall–Kier alpha value is -0.540. The molecule has 2 N–H and O–H groups in total. The highest BCUT2D eigenvalue weighted by Gasteiger charge is 2.08. The van der Waals surface area contributed by atoms with Gasteiger partial charge in [0.2, 0.25) is 0 Å². The first-order valence-corrected chi connectivity index (χ1v) is 5.47. The summed E-state index contributed by atoms with van der Waals surface area (Å²) in [5.41, 5.74) is 7.79. The van der Waals surface area contributed by atoms with Crippen LogP contribution in [0.5, 0.6) is 5.75 Å². The van der Waals surface area contributed by atoms with Crippen LogP contribution in [0.25, 0.3) is 0 Å². The lowest BCUT2D eigenvalue weighted by molar-refractivity contribution is 0.227. The van der Waals surface area contributed by atoms with E-state index < -0.39 is 0 Å². The molecule has 78 valence electrons. The summed E-state index contributed by atoms with van der Waals surface area (Å²) in [5.74, 6) is 0.950. The van der Waals surface area contributed by atoms with Crippen molar-refractivity contribution < 1.29 is 4.74 Å². The van der Waals surface area contributed by atoms with Gasteiger partial charge in [-0.15, -0.1) is 0 Å². The van der Waals surface area contributed by atoms with Gasteiger partial charge in [0.1, 0.15) is 11.9 Å². The lowest BCUT2D eigenvalue weighted by Crippen LogP contribution is -2.23. The lowest BCUT2D eigenvalue weighted by atomic mass is 10.1. The summed E-state index contributed by atoms with van der Waals surface area (Å²) in [6, 6.07) is 4.09. The molecule has 0 aliphatic rings. The zero-order valence-corrected chi connectivity index (χ0v) is 10.4. The number of nitrogens with two attached hydrogens (primary N) is 1. The largest absolute Gasteiger partial charge is 0.489 e. The normalized spacial score (nSPS) is 12.6. The summed E-state index contributed by atoms with van der Waals surface area (Å²) >= 11 is 3.45. The van der Waals surface area contributed by atoms with Crippen molar-refractivity contribution in [2.24, 2.45) is 5.73 Å². The Morgan fingerprint density at radius 3 is 2.29 bits per heavy atom. The fourth-order valence-electron chi connectivity index (χ4n) is 1.33. The topological polar surface area (TPSA) is 35.2 Å².